The van der Waals surface area contributed by atoms with Crippen LogP contribution in [0.5, 0.6) is 0 Å². The Morgan fingerprint density at radius 1 is 1.14 bits per heavy atom. The minimum absolute atomic E-state index is 0.000177. The smallest absolute Gasteiger partial charge is 0.327 e. The minimum Gasteiger partial charge on any atom is -0.420 e. The average Bonchev–Trinajstić information content (AvgIpc) is 3.62. The normalized spacial score (nSPS) is 14.5. The number of likely N-dealkylation sites (tertiary alicyclic amines) is 1. The maximum atomic E-state index is 13.0. The molecule has 1 saturated heterocycles. The second kappa shape index (κ2) is 9.32. The molecular formula is C25H23ClN8O3. The number of imidazole rings is 2. The molecule has 1 aliphatic rings. The van der Waals surface area contributed by atoms with Gasteiger partial charge in [0.1, 0.15) is 12.2 Å². The van der Waals surface area contributed by atoms with Crippen LogP contribution in [0.4, 0.5) is 0 Å². The number of aromatic amines is 2. The van der Waals surface area contributed by atoms with Gasteiger partial charge in [-0.1, -0.05) is 11.6 Å². The first kappa shape index (κ1) is 23.2. The fourth-order valence-corrected chi connectivity index (χ4v) is 5.05. The molecule has 12 heteroatoms. The molecule has 188 valence electrons. The Morgan fingerprint density at radius 3 is 2.73 bits per heavy atom. The largest absolute Gasteiger partial charge is 0.420 e. The lowest BCUT2D eigenvalue weighted by Crippen LogP contribution is -2.41. The van der Waals surface area contributed by atoms with Crippen LogP contribution in [0.15, 0.2) is 51.9 Å². The number of nitrogens with one attached hydrogen (secondary N) is 2. The number of fused-ring (bicyclic) bond motifs is 1. The molecule has 0 aliphatic carbocycles. The van der Waals surface area contributed by atoms with Crippen molar-refractivity contribution in [1.29, 1.82) is 0 Å². The lowest BCUT2D eigenvalue weighted by atomic mass is 10.0. The van der Waals surface area contributed by atoms with Gasteiger partial charge in [-0.05, 0) is 50.1 Å². The first-order valence-electron chi connectivity index (χ1n) is 11.9. The molecule has 0 bridgehead atoms. The summed E-state index contributed by atoms with van der Waals surface area (Å²) in [6, 6.07) is 9.13. The van der Waals surface area contributed by atoms with E-state index >= 15 is 0 Å². The number of pyridine rings is 1. The SMILES string of the molecule is Cc1ncc(-c2cc(Cl)cc(-c3nnc(CC(=O)N4CCC(n5c(=O)[nH]c6ncccc65)CC4)o3)c2)[nH]1. The van der Waals surface area contributed by atoms with Crippen molar-refractivity contribution in [2.45, 2.75) is 32.2 Å². The number of aryl methyl sites for hydroxylation is 1. The number of H-pyrrole nitrogens is 2. The number of aromatic nitrogens is 7. The fraction of sp³-hybridized carbons (Fsp3) is 0.280. The van der Waals surface area contributed by atoms with Gasteiger partial charge in [0.2, 0.25) is 17.7 Å². The first-order chi connectivity index (χ1) is 17.9. The van der Waals surface area contributed by atoms with E-state index in [0.717, 1.165) is 22.6 Å². The third-order valence-corrected chi connectivity index (χ3v) is 6.82. The first-order valence-corrected chi connectivity index (χ1v) is 12.3. The van der Waals surface area contributed by atoms with E-state index in [2.05, 4.69) is 30.1 Å². The number of amides is 1. The van der Waals surface area contributed by atoms with Crippen LogP contribution >= 0.6 is 11.6 Å². The molecule has 0 unspecified atom stereocenters. The zero-order chi connectivity index (χ0) is 25.5. The summed E-state index contributed by atoms with van der Waals surface area (Å²) < 4.78 is 7.56. The number of hydrogen-bond acceptors (Lipinski definition) is 7. The van der Waals surface area contributed by atoms with Crippen molar-refractivity contribution in [2.75, 3.05) is 13.1 Å². The fourth-order valence-electron chi connectivity index (χ4n) is 4.81. The van der Waals surface area contributed by atoms with Gasteiger partial charge >= 0.3 is 5.69 Å². The van der Waals surface area contributed by atoms with Gasteiger partial charge in [-0.3, -0.25) is 14.3 Å². The zero-order valence-corrected chi connectivity index (χ0v) is 20.7. The van der Waals surface area contributed by atoms with E-state index in [9.17, 15) is 9.59 Å². The molecule has 1 amide bonds. The Balaban J connectivity index is 1.12. The summed E-state index contributed by atoms with van der Waals surface area (Å²) in [4.78, 5) is 41.6. The zero-order valence-electron chi connectivity index (χ0n) is 19.9. The van der Waals surface area contributed by atoms with Crippen molar-refractivity contribution in [3.63, 3.8) is 0 Å². The predicted octanol–water partition coefficient (Wildman–Crippen LogP) is 3.53. The molecule has 37 heavy (non-hydrogen) atoms. The summed E-state index contributed by atoms with van der Waals surface area (Å²) in [5, 5.41) is 8.73. The number of carbonyl (C=O) groups excluding carboxylic acids is 1. The maximum absolute atomic E-state index is 13.0. The molecule has 1 aliphatic heterocycles. The molecule has 5 heterocycles. The van der Waals surface area contributed by atoms with Gasteiger partial charge < -0.3 is 14.3 Å². The van der Waals surface area contributed by atoms with E-state index < -0.39 is 0 Å². The van der Waals surface area contributed by atoms with Crippen LogP contribution in [-0.4, -0.2) is 58.6 Å². The van der Waals surface area contributed by atoms with Crippen molar-refractivity contribution < 1.29 is 9.21 Å². The molecule has 0 radical (unpaired) electrons. The van der Waals surface area contributed by atoms with E-state index in [1.165, 1.54) is 0 Å². The quantitative estimate of drug-likeness (QED) is 0.363. The third kappa shape index (κ3) is 4.53. The predicted molar refractivity (Wildman–Crippen MR) is 136 cm³/mol. The molecule has 5 aromatic rings. The van der Waals surface area contributed by atoms with Crippen molar-refractivity contribution in [3.05, 3.63) is 69.9 Å². The van der Waals surface area contributed by atoms with Crippen LogP contribution < -0.4 is 5.69 Å². The van der Waals surface area contributed by atoms with Crippen LogP contribution in [0.3, 0.4) is 0 Å². The summed E-state index contributed by atoms with van der Waals surface area (Å²) in [5.74, 6) is 1.22. The number of nitrogens with zero attached hydrogens (tertiary/aromatic N) is 6. The number of benzene rings is 1. The van der Waals surface area contributed by atoms with Crippen LogP contribution in [0.1, 0.15) is 30.6 Å². The Hall–Kier alpha value is -4.25. The highest BCUT2D eigenvalue weighted by Crippen LogP contribution is 2.29. The Kier molecular flexibility index (Phi) is 5.84. The molecule has 0 saturated carbocycles. The van der Waals surface area contributed by atoms with Gasteiger partial charge in [0.15, 0.2) is 5.65 Å². The number of rotatable bonds is 5. The second-order valence-corrected chi connectivity index (χ2v) is 9.51. The lowest BCUT2D eigenvalue weighted by Gasteiger charge is -2.32. The third-order valence-electron chi connectivity index (χ3n) is 6.60. The van der Waals surface area contributed by atoms with Gasteiger partial charge in [0.05, 0.1) is 17.4 Å². The van der Waals surface area contributed by atoms with Crippen LogP contribution in [-0.2, 0) is 11.2 Å². The van der Waals surface area contributed by atoms with Crippen LogP contribution in [0, 0.1) is 6.92 Å². The molecule has 1 fully saturated rings. The number of hydrogen-bond donors (Lipinski definition) is 2. The average molecular weight is 519 g/mol. The van der Waals surface area contributed by atoms with Crippen LogP contribution in [0.25, 0.3) is 33.9 Å². The van der Waals surface area contributed by atoms with Crippen molar-refractivity contribution in [3.8, 4) is 22.7 Å². The Labute approximate surface area is 215 Å². The van der Waals surface area contributed by atoms with Crippen molar-refractivity contribution >= 4 is 28.7 Å². The van der Waals surface area contributed by atoms with Crippen LogP contribution in [0.2, 0.25) is 5.02 Å². The van der Waals surface area contributed by atoms with Gasteiger partial charge in [0.25, 0.3) is 0 Å². The maximum Gasteiger partial charge on any atom is 0.327 e. The van der Waals surface area contributed by atoms with E-state index in [0.29, 0.717) is 42.2 Å². The van der Waals surface area contributed by atoms with Gasteiger partial charge in [0, 0.05) is 41.5 Å². The Morgan fingerprint density at radius 2 is 1.95 bits per heavy atom. The number of piperidine rings is 1. The van der Waals surface area contributed by atoms with Crippen molar-refractivity contribution in [1.82, 2.24) is 39.6 Å². The number of halogens is 1. The standard InChI is InChI=1S/C25H23ClN8O3/c1-14-28-13-19(29-14)15-9-16(11-17(26)10-15)24-32-31-21(37-24)12-22(35)33-7-4-18(5-8-33)34-20-3-2-6-27-23(20)30-25(34)36/h2-3,6,9-11,13,18H,4-5,7-8,12H2,1H3,(H,28,29)(H,27,30,36). The van der Waals surface area contributed by atoms with E-state index in [1.807, 2.05) is 31.2 Å². The van der Waals surface area contributed by atoms with Gasteiger partial charge in [-0.15, -0.1) is 10.2 Å². The summed E-state index contributed by atoms with van der Waals surface area (Å²) in [7, 11) is 0. The monoisotopic (exact) mass is 518 g/mol. The molecule has 0 atom stereocenters. The molecular weight excluding hydrogens is 496 g/mol. The summed E-state index contributed by atoms with van der Waals surface area (Å²) in [6.07, 6.45) is 4.72. The molecule has 4 aromatic heterocycles. The van der Waals surface area contributed by atoms with Gasteiger partial charge in [-0.2, -0.15) is 0 Å². The Bertz CT molecular complexity index is 1660. The van der Waals surface area contributed by atoms with E-state index in [4.69, 9.17) is 16.0 Å². The molecule has 6 rings (SSSR count). The highest BCUT2D eigenvalue weighted by molar-refractivity contribution is 6.31. The summed E-state index contributed by atoms with van der Waals surface area (Å²) in [6.45, 7) is 2.94. The van der Waals surface area contributed by atoms with Crippen molar-refractivity contribution in [2.24, 2.45) is 0 Å². The van der Waals surface area contributed by atoms with Gasteiger partial charge in [-0.25, -0.2) is 14.8 Å². The molecule has 1 aromatic carbocycles. The highest BCUT2D eigenvalue weighted by Gasteiger charge is 2.27. The molecule has 0 spiro atoms. The minimum atomic E-state index is -0.177. The van der Waals surface area contributed by atoms with E-state index in [1.54, 1.807) is 27.9 Å². The molecule has 2 N–H and O–H groups in total. The number of carbonyl (C=O) groups is 1. The topological polar surface area (TPSA) is 139 Å². The summed E-state index contributed by atoms with van der Waals surface area (Å²) in [5.41, 5.74) is 3.49. The summed E-state index contributed by atoms with van der Waals surface area (Å²) >= 11 is 6.33. The van der Waals surface area contributed by atoms with E-state index in [-0.39, 0.29) is 35.8 Å². The highest BCUT2D eigenvalue weighted by atomic mass is 35.5. The molecule has 11 nitrogen and oxygen atoms in total. The second-order valence-electron chi connectivity index (χ2n) is 9.07. The lowest BCUT2D eigenvalue weighted by molar-refractivity contribution is -0.132.